The van der Waals surface area contributed by atoms with Crippen molar-refractivity contribution in [3.8, 4) is 0 Å². The van der Waals surface area contributed by atoms with Gasteiger partial charge in [-0.3, -0.25) is 4.79 Å². The van der Waals surface area contributed by atoms with E-state index in [2.05, 4.69) is 5.32 Å². The first-order chi connectivity index (χ1) is 14.1. The lowest BCUT2D eigenvalue weighted by atomic mass is 10.1. The van der Waals surface area contributed by atoms with Gasteiger partial charge in [0.25, 0.3) is 5.91 Å². The molecule has 3 aromatic rings. The van der Waals surface area contributed by atoms with E-state index in [1.165, 1.54) is 48.5 Å². The third kappa shape index (κ3) is 5.20. The number of hydrogen-bond donors (Lipinski definition) is 1. The maximum Gasteiger partial charge on any atom is 0.416 e. The van der Waals surface area contributed by atoms with E-state index < -0.39 is 33.2 Å². The van der Waals surface area contributed by atoms with Crippen molar-refractivity contribution in [3.63, 3.8) is 0 Å². The van der Waals surface area contributed by atoms with Crippen molar-refractivity contribution in [1.82, 2.24) is 0 Å². The smallest absolute Gasteiger partial charge is 0.321 e. The van der Waals surface area contributed by atoms with Crippen molar-refractivity contribution >= 4 is 33.0 Å². The van der Waals surface area contributed by atoms with Gasteiger partial charge >= 0.3 is 6.18 Å². The van der Waals surface area contributed by atoms with Crippen LogP contribution in [0.1, 0.15) is 21.5 Å². The third-order valence-corrected chi connectivity index (χ3v) is 6.18. The first-order valence-electron chi connectivity index (χ1n) is 8.61. The number of carbonyl (C=O) groups is 1. The molecule has 0 spiro atoms. The van der Waals surface area contributed by atoms with Crippen molar-refractivity contribution in [2.45, 2.75) is 16.8 Å². The number of rotatable bonds is 5. The van der Waals surface area contributed by atoms with E-state index >= 15 is 0 Å². The number of halogens is 4. The summed E-state index contributed by atoms with van der Waals surface area (Å²) in [7, 11) is -4.04. The minimum Gasteiger partial charge on any atom is -0.321 e. The summed E-state index contributed by atoms with van der Waals surface area (Å²) in [4.78, 5) is 12.3. The van der Waals surface area contributed by atoms with E-state index in [0.717, 1.165) is 18.2 Å². The van der Waals surface area contributed by atoms with Gasteiger partial charge in [0.2, 0.25) is 0 Å². The maximum absolute atomic E-state index is 12.9. The first kappa shape index (κ1) is 21.9. The average molecular weight is 454 g/mol. The van der Waals surface area contributed by atoms with Crippen molar-refractivity contribution in [1.29, 1.82) is 0 Å². The summed E-state index contributed by atoms with van der Waals surface area (Å²) < 4.78 is 64.5. The molecule has 0 saturated carbocycles. The van der Waals surface area contributed by atoms with Gasteiger partial charge < -0.3 is 5.32 Å². The number of anilines is 1. The van der Waals surface area contributed by atoms with Crippen LogP contribution in [-0.4, -0.2) is 14.3 Å². The van der Waals surface area contributed by atoms with Crippen LogP contribution < -0.4 is 5.32 Å². The third-order valence-electron chi connectivity index (χ3n) is 4.19. The van der Waals surface area contributed by atoms with E-state index in [1.54, 1.807) is 6.07 Å². The van der Waals surface area contributed by atoms with Crippen molar-refractivity contribution in [2.75, 3.05) is 5.32 Å². The second-order valence-corrected chi connectivity index (χ2v) is 8.81. The summed E-state index contributed by atoms with van der Waals surface area (Å²) in [5.74, 6) is -1.20. The first-order valence-corrected chi connectivity index (χ1v) is 10.6. The van der Waals surface area contributed by atoms with Crippen LogP contribution in [0.15, 0.2) is 77.7 Å². The Morgan fingerprint density at radius 3 is 2.27 bits per heavy atom. The zero-order chi connectivity index (χ0) is 21.9. The minimum absolute atomic E-state index is 0.0105. The van der Waals surface area contributed by atoms with Crippen molar-refractivity contribution in [2.24, 2.45) is 0 Å². The molecule has 0 unspecified atom stereocenters. The topological polar surface area (TPSA) is 63.2 Å². The van der Waals surface area contributed by atoms with Crippen LogP contribution in [0.5, 0.6) is 0 Å². The van der Waals surface area contributed by atoms with Crippen molar-refractivity contribution in [3.05, 3.63) is 94.5 Å². The molecule has 4 nitrogen and oxygen atoms in total. The van der Waals surface area contributed by atoms with Crippen LogP contribution in [0.3, 0.4) is 0 Å². The van der Waals surface area contributed by atoms with E-state index in [4.69, 9.17) is 11.6 Å². The fourth-order valence-electron chi connectivity index (χ4n) is 2.77. The predicted octanol–water partition coefficient (Wildman–Crippen LogP) is 5.59. The quantitative estimate of drug-likeness (QED) is 0.548. The summed E-state index contributed by atoms with van der Waals surface area (Å²) in [6, 6.07) is 15.9. The molecule has 0 fully saturated rings. The molecular formula is C21H15ClF3NO3S. The van der Waals surface area contributed by atoms with Gasteiger partial charge in [-0.15, -0.1) is 0 Å². The number of amides is 1. The van der Waals surface area contributed by atoms with Gasteiger partial charge in [0.15, 0.2) is 9.84 Å². The fraction of sp³-hybridized carbons (Fsp3) is 0.0952. The molecule has 0 saturated heterocycles. The molecule has 0 radical (unpaired) electrons. The Morgan fingerprint density at radius 1 is 0.933 bits per heavy atom. The van der Waals surface area contributed by atoms with E-state index in [9.17, 15) is 26.4 Å². The molecule has 1 N–H and O–H groups in total. The number of benzene rings is 3. The summed E-state index contributed by atoms with van der Waals surface area (Å²) in [5.41, 5.74) is -0.642. The Morgan fingerprint density at radius 2 is 1.60 bits per heavy atom. The molecule has 0 bridgehead atoms. The molecule has 0 aromatic heterocycles. The lowest BCUT2D eigenvalue weighted by Crippen LogP contribution is -2.15. The number of carbonyl (C=O) groups excluding carboxylic acids is 1. The molecule has 0 aliphatic carbocycles. The minimum atomic E-state index is -4.58. The molecule has 3 rings (SSSR count). The van der Waals surface area contributed by atoms with Crippen LogP contribution in [0, 0.1) is 0 Å². The summed E-state index contributed by atoms with van der Waals surface area (Å²) in [6.07, 6.45) is -4.58. The lowest BCUT2D eigenvalue weighted by molar-refractivity contribution is -0.137. The molecule has 1 amide bonds. The highest BCUT2D eigenvalue weighted by atomic mass is 35.5. The molecule has 3 aromatic carbocycles. The number of sulfone groups is 1. The van der Waals surface area contributed by atoms with Crippen molar-refractivity contribution < 1.29 is 26.4 Å². The van der Waals surface area contributed by atoms with E-state index in [1.807, 2.05) is 0 Å². The Kier molecular flexibility index (Phi) is 6.19. The molecule has 0 heterocycles. The molecule has 156 valence electrons. The van der Waals surface area contributed by atoms with Gasteiger partial charge in [0, 0.05) is 10.6 Å². The highest BCUT2D eigenvalue weighted by Gasteiger charge is 2.31. The number of nitrogens with one attached hydrogen (secondary N) is 1. The zero-order valence-electron chi connectivity index (χ0n) is 15.3. The van der Waals surface area contributed by atoms with Crippen LogP contribution in [0.4, 0.5) is 18.9 Å². The number of alkyl halides is 3. The SMILES string of the molecule is O=C(Nc1ccccc1S(=O)(=O)Cc1cccc(C(F)(F)F)c1)c1ccc(Cl)cc1. The largest absolute Gasteiger partial charge is 0.416 e. The second kappa shape index (κ2) is 8.49. The Bertz CT molecular complexity index is 1180. The lowest BCUT2D eigenvalue weighted by Gasteiger charge is -2.13. The van der Waals surface area contributed by atoms with Gasteiger partial charge in [-0.25, -0.2) is 8.42 Å². The number of para-hydroxylation sites is 1. The van der Waals surface area contributed by atoms with Crippen LogP contribution in [-0.2, 0) is 21.8 Å². The highest BCUT2D eigenvalue weighted by Crippen LogP contribution is 2.31. The molecule has 0 aliphatic heterocycles. The normalized spacial score (nSPS) is 11.9. The molecule has 9 heteroatoms. The van der Waals surface area contributed by atoms with Crippen LogP contribution >= 0.6 is 11.6 Å². The Balaban J connectivity index is 1.89. The van der Waals surface area contributed by atoms with Crippen LogP contribution in [0.2, 0.25) is 5.02 Å². The Hall–Kier alpha value is -2.84. The molecular weight excluding hydrogens is 439 g/mol. The fourth-order valence-corrected chi connectivity index (χ4v) is 4.41. The summed E-state index contributed by atoms with van der Waals surface area (Å²) >= 11 is 5.80. The Labute approximate surface area is 176 Å². The van der Waals surface area contributed by atoms with Gasteiger partial charge in [0.1, 0.15) is 0 Å². The molecule has 0 atom stereocenters. The number of hydrogen-bond acceptors (Lipinski definition) is 3. The summed E-state index contributed by atoms with van der Waals surface area (Å²) in [5, 5.41) is 2.97. The van der Waals surface area contributed by atoms with Gasteiger partial charge in [-0.1, -0.05) is 41.9 Å². The second-order valence-electron chi connectivity index (χ2n) is 6.41. The summed E-state index contributed by atoms with van der Waals surface area (Å²) in [6.45, 7) is 0. The molecule has 30 heavy (non-hydrogen) atoms. The van der Waals surface area contributed by atoms with Gasteiger partial charge in [-0.2, -0.15) is 13.2 Å². The van der Waals surface area contributed by atoms with Gasteiger partial charge in [-0.05, 0) is 48.0 Å². The van der Waals surface area contributed by atoms with E-state index in [-0.39, 0.29) is 21.7 Å². The highest BCUT2D eigenvalue weighted by molar-refractivity contribution is 7.90. The van der Waals surface area contributed by atoms with Gasteiger partial charge in [0.05, 0.1) is 21.9 Å². The van der Waals surface area contributed by atoms with E-state index in [0.29, 0.717) is 5.02 Å². The molecule has 0 aliphatic rings. The maximum atomic E-state index is 12.9. The standard InChI is InChI=1S/C21H15ClF3NO3S/c22-17-10-8-15(9-11-17)20(27)26-18-6-1-2-7-19(18)30(28,29)13-14-4-3-5-16(12-14)21(23,24)25/h1-12H,13H2,(H,26,27). The average Bonchev–Trinajstić information content (AvgIpc) is 2.68. The predicted molar refractivity (Wildman–Crippen MR) is 108 cm³/mol. The van der Waals surface area contributed by atoms with Crippen LogP contribution in [0.25, 0.3) is 0 Å². The zero-order valence-corrected chi connectivity index (χ0v) is 16.9. The monoisotopic (exact) mass is 453 g/mol.